The van der Waals surface area contributed by atoms with Crippen LogP contribution in [0.4, 0.5) is 0 Å². The molecule has 128 valence electrons. The first-order valence-corrected chi connectivity index (χ1v) is 7.90. The van der Waals surface area contributed by atoms with Gasteiger partial charge in [-0.1, -0.05) is 19.1 Å². The first-order valence-electron chi connectivity index (χ1n) is 7.90. The second kappa shape index (κ2) is 6.76. The van der Waals surface area contributed by atoms with Gasteiger partial charge in [0.05, 0.1) is 0 Å². The summed E-state index contributed by atoms with van der Waals surface area (Å²) in [4.78, 5) is 37.8. The van der Waals surface area contributed by atoms with Crippen molar-refractivity contribution >= 4 is 22.7 Å². The molecule has 25 heavy (non-hydrogen) atoms. The second-order valence-corrected chi connectivity index (χ2v) is 5.71. The number of fused-ring (bicyclic) bond motifs is 1. The number of H-pyrrole nitrogens is 1. The molecule has 0 saturated heterocycles. The Morgan fingerprint density at radius 3 is 2.68 bits per heavy atom. The molecule has 6 nitrogen and oxygen atoms in total. The van der Waals surface area contributed by atoms with Crippen LogP contribution in [0.3, 0.4) is 0 Å². The fourth-order valence-corrected chi connectivity index (χ4v) is 2.55. The third kappa shape index (κ3) is 3.52. The predicted octanol–water partition coefficient (Wildman–Crippen LogP) is 3.24. The summed E-state index contributed by atoms with van der Waals surface area (Å²) >= 11 is 0. The maximum Gasteiger partial charge on any atom is 0.355 e. The number of hydrogen-bond donors (Lipinski definition) is 1. The highest BCUT2D eigenvalue weighted by atomic mass is 16.5. The zero-order chi connectivity index (χ0) is 18.0. The summed E-state index contributed by atoms with van der Waals surface area (Å²) in [5, 5.41) is 0.723. The Morgan fingerprint density at radius 1 is 1.20 bits per heavy atom. The Balaban J connectivity index is 1.83. The zero-order valence-electron chi connectivity index (χ0n) is 13.9. The number of esters is 1. The molecule has 0 aliphatic carbocycles. The number of Topliss-reactive ketones (excluding diaryl/α,β-unsaturated/α-hetero) is 1. The molecular weight excluding hydrogens is 322 g/mol. The predicted molar refractivity (Wildman–Crippen MR) is 91.8 cm³/mol. The van der Waals surface area contributed by atoms with Crippen LogP contribution in [0.15, 0.2) is 45.7 Å². The van der Waals surface area contributed by atoms with E-state index in [0.29, 0.717) is 16.7 Å². The standard InChI is InChI=1S/C19H17NO5/c1-3-12-4-5-15-14(8-18(22)25-17(15)6-12)10-24-19(23)16-7-13(9-20-16)11(2)21/h4-9,20H,3,10H2,1-2H3. The number of benzene rings is 1. The number of aromatic nitrogens is 1. The van der Waals surface area contributed by atoms with Crippen molar-refractivity contribution in [2.24, 2.45) is 0 Å². The highest BCUT2D eigenvalue weighted by molar-refractivity contribution is 5.97. The number of aromatic amines is 1. The van der Waals surface area contributed by atoms with Crippen molar-refractivity contribution < 1.29 is 18.7 Å². The largest absolute Gasteiger partial charge is 0.456 e. The van der Waals surface area contributed by atoms with Gasteiger partial charge in [0.25, 0.3) is 0 Å². The Morgan fingerprint density at radius 2 is 2.00 bits per heavy atom. The third-order valence-electron chi connectivity index (χ3n) is 3.97. The van der Waals surface area contributed by atoms with Crippen molar-refractivity contribution in [3.63, 3.8) is 0 Å². The van der Waals surface area contributed by atoms with Crippen molar-refractivity contribution in [1.82, 2.24) is 4.98 Å². The van der Waals surface area contributed by atoms with Crippen molar-refractivity contribution in [3.8, 4) is 0 Å². The summed E-state index contributed by atoms with van der Waals surface area (Å²) in [6, 6.07) is 8.36. The van der Waals surface area contributed by atoms with Crippen molar-refractivity contribution in [2.75, 3.05) is 0 Å². The van der Waals surface area contributed by atoms with Gasteiger partial charge in [-0.25, -0.2) is 9.59 Å². The highest BCUT2D eigenvalue weighted by Crippen LogP contribution is 2.20. The molecule has 1 aromatic carbocycles. The van der Waals surface area contributed by atoms with Gasteiger partial charge in [0.2, 0.25) is 0 Å². The summed E-state index contributed by atoms with van der Waals surface area (Å²) in [5.74, 6) is -0.743. The Bertz CT molecular complexity index is 1010. The average Bonchev–Trinajstić information content (AvgIpc) is 3.09. The molecule has 0 radical (unpaired) electrons. The van der Waals surface area contributed by atoms with E-state index in [1.165, 1.54) is 25.3 Å². The van der Waals surface area contributed by atoms with Gasteiger partial charge in [0.15, 0.2) is 5.78 Å². The van der Waals surface area contributed by atoms with E-state index in [1.54, 1.807) is 0 Å². The van der Waals surface area contributed by atoms with Gasteiger partial charge < -0.3 is 14.1 Å². The van der Waals surface area contributed by atoms with Crippen LogP contribution >= 0.6 is 0 Å². The van der Waals surface area contributed by atoms with E-state index in [9.17, 15) is 14.4 Å². The van der Waals surface area contributed by atoms with E-state index in [1.807, 2.05) is 25.1 Å². The van der Waals surface area contributed by atoms with E-state index < -0.39 is 11.6 Å². The lowest BCUT2D eigenvalue weighted by Gasteiger charge is -2.07. The summed E-state index contributed by atoms with van der Waals surface area (Å²) in [5.41, 5.74) is 2.19. The summed E-state index contributed by atoms with van der Waals surface area (Å²) in [6.45, 7) is 3.36. The molecule has 2 aromatic heterocycles. The average molecular weight is 339 g/mol. The molecule has 2 heterocycles. The molecule has 0 aliphatic heterocycles. The number of nitrogens with one attached hydrogen (secondary N) is 1. The first-order chi connectivity index (χ1) is 12.0. The zero-order valence-corrected chi connectivity index (χ0v) is 13.9. The van der Waals surface area contributed by atoms with Crippen LogP contribution in [0, 0.1) is 0 Å². The van der Waals surface area contributed by atoms with E-state index in [-0.39, 0.29) is 18.1 Å². The van der Waals surface area contributed by atoms with Crippen LogP contribution in [0.1, 0.15) is 45.8 Å². The molecule has 0 spiro atoms. The third-order valence-corrected chi connectivity index (χ3v) is 3.97. The van der Waals surface area contributed by atoms with Crippen LogP contribution < -0.4 is 5.63 Å². The van der Waals surface area contributed by atoms with Gasteiger partial charge in [-0.3, -0.25) is 4.79 Å². The molecular formula is C19H17NO5. The first kappa shape index (κ1) is 16.7. The van der Waals surface area contributed by atoms with Gasteiger partial charge in [-0.15, -0.1) is 0 Å². The summed E-state index contributed by atoms with van der Waals surface area (Å²) in [7, 11) is 0. The minimum absolute atomic E-state index is 0.0686. The van der Waals surface area contributed by atoms with Crippen molar-refractivity contribution in [3.05, 3.63) is 69.3 Å². The van der Waals surface area contributed by atoms with E-state index in [2.05, 4.69) is 4.98 Å². The Kier molecular flexibility index (Phi) is 4.52. The monoisotopic (exact) mass is 339 g/mol. The van der Waals surface area contributed by atoms with Gasteiger partial charge in [-0.05, 0) is 31.0 Å². The number of hydrogen-bond acceptors (Lipinski definition) is 5. The van der Waals surface area contributed by atoms with E-state index in [4.69, 9.17) is 9.15 Å². The fraction of sp³-hybridized carbons (Fsp3) is 0.211. The Hall–Kier alpha value is -3.15. The van der Waals surface area contributed by atoms with Gasteiger partial charge >= 0.3 is 11.6 Å². The smallest absolute Gasteiger partial charge is 0.355 e. The van der Waals surface area contributed by atoms with E-state index in [0.717, 1.165) is 17.4 Å². The van der Waals surface area contributed by atoms with Gasteiger partial charge in [0.1, 0.15) is 17.9 Å². The normalized spacial score (nSPS) is 10.8. The fourth-order valence-electron chi connectivity index (χ4n) is 2.55. The number of aryl methyl sites for hydroxylation is 1. The van der Waals surface area contributed by atoms with Crippen LogP contribution in [0.5, 0.6) is 0 Å². The quantitative estimate of drug-likeness (QED) is 0.438. The van der Waals surface area contributed by atoms with E-state index >= 15 is 0 Å². The van der Waals surface area contributed by atoms with Gasteiger partial charge in [0, 0.05) is 28.8 Å². The van der Waals surface area contributed by atoms with Crippen LogP contribution in [0.25, 0.3) is 11.0 Å². The lowest BCUT2D eigenvalue weighted by molar-refractivity contribution is 0.0467. The number of ether oxygens (including phenoxy) is 1. The number of carbonyl (C=O) groups excluding carboxylic acids is 2. The number of ketones is 1. The lowest BCUT2D eigenvalue weighted by Crippen LogP contribution is -2.08. The molecule has 3 aromatic rings. The summed E-state index contributed by atoms with van der Waals surface area (Å²) < 4.78 is 10.5. The van der Waals surface area contributed by atoms with Crippen LogP contribution in [0.2, 0.25) is 0 Å². The highest BCUT2D eigenvalue weighted by Gasteiger charge is 2.14. The van der Waals surface area contributed by atoms with Gasteiger partial charge in [-0.2, -0.15) is 0 Å². The SMILES string of the molecule is CCc1ccc2c(COC(=O)c3cc(C(C)=O)c[nH]3)cc(=O)oc2c1. The minimum atomic E-state index is -0.598. The van der Waals surface area contributed by atoms with Crippen LogP contribution in [-0.2, 0) is 17.8 Å². The molecule has 0 unspecified atom stereocenters. The number of carbonyl (C=O) groups is 2. The molecule has 3 rings (SSSR count). The molecule has 0 saturated carbocycles. The summed E-state index contributed by atoms with van der Waals surface area (Å²) in [6.07, 6.45) is 2.28. The second-order valence-electron chi connectivity index (χ2n) is 5.71. The molecule has 0 amide bonds. The molecule has 0 aliphatic rings. The molecule has 1 N–H and O–H groups in total. The topological polar surface area (TPSA) is 89.4 Å². The molecule has 0 fully saturated rings. The maximum atomic E-state index is 12.1. The molecule has 0 bridgehead atoms. The Labute approximate surface area is 143 Å². The van der Waals surface area contributed by atoms with Crippen molar-refractivity contribution in [2.45, 2.75) is 26.9 Å². The lowest BCUT2D eigenvalue weighted by atomic mass is 10.1. The molecule has 6 heteroatoms. The minimum Gasteiger partial charge on any atom is -0.456 e. The maximum absolute atomic E-state index is 12.1. The van der Waals surface area contributed by atoms with Crippen LogP contribution in [-0.4, -0.2) is 16.7 Å². The molecule has 0 atom stereocenters. The van der Waals surface area contributed by atoms with Crippen molar-refractivity contribution in [1.29, 1.82) is 0 Å². The number of rotatable bonds is 5.